The zero-order chi connectivity index (χ0) is 17.8. The summed E-state index contributed by atoms with van der Waals surface area (Å²) in [5.41, 5.74) is 3.64. The van der Waals surface area contributed by atoms with Crippen LogP contribution in [0.3, 0.4) is 0 Å². The summed E-state index contributed by atoms with van der Waals surface area (Å²) in [4.78, 5) is 4.22. The summed E-state index contributed by atoms with van der Waals surface area (Å²) in [7, 11) is 0. The summed E-state index contributed by atoms with van der Waals surface area (Å²) in [5.74, 6) is -3.90. The molecule has 0 radical (unpaired) electrons. The lowest BCUT2D eigenvalue weighted by Gasteiger charge is -2.08. The molecule has 0 atom stereocenters. The van der Waals surface area contributed by atoms with Crippen LogP contribution in [0.1, 0.15) is 12.1 Å². The first-order chi connectivity index (χ1) is 12.6. The van der Waals surface area contributed by atoms with Crippen LogP contribution in [0.5, 0.6) is 0 Å². The van der Waals surface area contributed by atoms with Gasteiger partial charge in [0.25, 0.3) is 0 Å². The first-order valence-corrected chi connectivity index (χ1v) is 8.30. The molecular weight excluding hydrogens is 341 g/mol. The van der Waals surface area contributed by atoms with Crippen LogP contribution in [0, 0.1) is 17.5 Å². The maximum Gasteiger partial charge on any atom is 0.195 e. The van der Waals surface area contributed by atoms with Gasteiger partial charge in [0, 0.05) is 47.5 Å². The summed E-state index contributed by atoms with van der Waals surface area (Å²) in [6.45, 7) is 0.723. The van der Waals surface area contributed by atoms with E-state index in [1.165, 1.54) is 6.07 Å². The molecule has 1 aliphatic heterocycles. The van der Waals surface area contributed by atoms with Gasteiger partial charge in [0.15, 0.2) is 17.5 Å². The summed E-state index contributed by atoms with van der Waals surface area (Å²) >= 11 is 0. The summed E-state index contributed by atoms with van der Waals surface area (Å²) in [6.07, 6.45) is 7.15. The standard InChI is InChI=1S/C19H13F3N4/c20-13-5-4-12(17(21)18(13)22)19-16(14-2-1-8-26(14)24-19)11-3-6-15-23-7-9-25(15)10-11/h3-7,9-10H,1-2,8H2. The zero-order valence-corrected chi connectivity index (χ0v) is 13.6. The molecule has 0 aliphatic carbocycles. The van der Waals surface area contributed by atoms with Gasteiger partial charge in [-0.25, -0.2) is 18.2 Å². The molecule has 0 fully saturated rings. The number of imidazole rings is 1. The molecule has 7 heteroatoms. The van der Waals surface area contributed by atoms with Gasteiger partial charge < -0.3 is 4.40 Å². The fraction of sp³-hybridized carbons (Fsp3) is 0.158. The Morgan fingerprint density at radius 1 is 1.00 bits per heavy atom. The first kappa shape index (κ1) is 15.2. The molecule has 1 aromatic carbocycles. The third kappa shape index (κ3) is 2.09. The number of hydrogen-bond acceptors (Lipinski definition) is 2. The Morgan fingerprint density at radius 3 is 2.77 bits per heavy atom. The van der Waals surface area contributed by atoms with E-state index in [4.69, 9.17) is 0 Å². The van der Waals surface area contributed by atoms with Gasteiger partial charge >= 0.3 is 0 Å². The average Bonchev–Trinajstić information content (AvgIpc) is 3.34. The predicted octanol–water partition coefficient (Wildman–Crippen LogP) is 4.23. The van der Waals surface area contributed by atoms with Crippen molar-refractivity contribution in [2.75, 3.05) is 0 Å². The molecule has 130 valence electrons. The van der Waals surface area contributed by atoms with Crippen molar-refractivity contribution in [1.82, 2.24) is 19.2 Å². The third-order valence-corrected chi connectivity index (χ3v) is 4.81. The van der Waals surface area contributed by atoms with E-state index in [0.29, 0.717) is 5.69 Å². The van der Waals surface area contributed by atoms with Crippen LogP contribution in [-0.4, -0.2) is 19.2 Å². The molecule has 0 spiro atoms. The second-order valence-electron chi connectivity index (χ2n) is 6.33. The summed E-state index contributed by atoms with van der Waals surface area (Å²) < 4.78 is 45.2. The topological polar surface area (TPSA) is 35.1 Å². The Kier molecular flexibility index (Phi) is 3.19. The Balaban J connectivity index is 1.79. The minimum atomic E-state index is -1.48. The monoisotopic (exact) mass is 354 g/mol. The molecule has 0 saturated heterocycles. The van der Waals surface area contributed by atoms with Crippen molar-refractivity contribution in [2.45, 2.75) is 19.4 Å². The summed E-state index contributed by atoms with van der Waals surface area (Å²) in [6, 6.07) is 5.92. The Hall–Kier alpha value is -3.09. The second-order valence-corrected chi connectivity index (χ2v) is 6.33. The van der Waals surface area contributed by atoms with Gasteiger partial charge in [-0.15, -0.1) is 0 Å². The molecule has 26 heavy (non-hydrogen) atoms. The van der Waals surface area contributed by atoms with Crippen LogP contribution in [0.2, 0.25) is 0 Å². The Morgan fingerprint density at radius 2 is 1.88 bits per heavy atom. The van der Waals surface area contributed by atoms with Gasteiger partial charge in [0.1, 0.15) is 11.3 Å². The normalized spacial score (nSPS) is 13.5. The molecule has 4 aromatic rings. The van der Waals surface area contributed by atoms with E-state index in [1.807, 2.05) is 33.6 Å². The average molecular weight is 354 g/mol. The van der Waals surface area contributed by atoms with Gasteiger partial charge in [0.05, 0.1) is 0 Å². The van der Waals surface area contributed by atoms with E-state index >= 15 is 0 Å². The van der Waals surface area contributed by atoms with Crippen LogP contribution in [0.15, 0.2) is 42.9 Å². The number of aryl methyl sites for hydroxylation is 1. The maximum absolute atomic E-state index is 14.4. The van der Waals surface area contributed by atoms with Crippen molar-refractivity contribution < 1.29 is 13.2 Å². The molecule has 4 heterocycles. The fourth-order valence-corrected chi connectivity index (χ4v) is 3.60. The fourth-order valence-electron chi connectivity index (χ4n) is 3.60. The van der Waals surface area contributed by atoms with Crippen molar-refractivity contribution in [3.8, 4) is 22.4 Å². The number of aromatic nitrogens is 4. The van der Waals surface area contributed by atoms with Crippen LogP contribution in [0.4, 0.5) is 13.2 Å². The number of nitrogens with zero attached hydrogens (tertiary/aromatic N) is 4. The Bertz CT molecular complexity index is 1160. The lowest BCUT2D eigenvalue weighted by atomic mass is 9.98. The van der Waals surface area contributed by atoms with Crippen molar-refractivity contribution in [3.63, 3.8) is 0 Å². The highest BCUT2D eigenvalue weighted by Gasteiger charge is 2.27. The SMILES string of the molecule is Fc1ccc(-c2nn3c(c2-c2ccc4nccn4c2)CCC3)c(F)c1F. The minimum absolute atomic E-state index is 0.0356. The van der Waals surface area contributed by atoms with Crippen molar-refractivity contribution in [2.24, 2.45) is 0 Å². The van der Waals surface area contributed by atoms with E-state index in [1.54, 1.807) is 6.20 Å². The molecule has 0 N–H and O–H groups in total. The van der Waals surface area contributed by atoms with Crippen LogP contribution in [-0.2, 0) is 13.0 Å². The van der Waals surface area contributed by atoms with E-state index in [2.05, 4.69) is 10.1 Å². The number of rotatable bonds is 2. The minimum Gasteiger partial charge on any atom is -0.306 e. The highest BCUT2D eigenvalue weighted by molar-refractivity contribution is 5.83. The molecule has 1 aliphatic rings. The number of halogens is 3. The molecule has 4 nitrogen and oxygen atoms in total. The van der Waals surface area contributed by atoms with E-state index < -0.39 is 17.5 Å². The Labute approximate surface area is 146 Å². The molecule has 0 bridgehead atoms. The van der Waals surface area contributed by atoms with Gasteiger partial charge in [-0.3, -0.25) is 4.68 Å². The van der Waals surface area contributed by atoms with Gasteiger partial charge in [-0.1, -0.05) is 0 Å². The molecule has 0 unspecified atom stereocenters. The third-order valence-electron chi connectivity index (χ3n) is 4.81. The van der Waals surface area contributed by atoms with Crippen LogP contribution < -0.4 is 0 Å². The van der Waals surface area contributed by atoms with Gasteiger partial charge in [-0.05, 0) is 37.1 Å². The molecule has 5 rings (SSSR count). The van der Waals surface area contributed by atoms with Crippen LogP contribution in [0.25, 0.3) is 28.0 Å². The second kappa shape index (κ2) is 5.45. The molecule has 0 amide bonds. The van der Waals surface area contributed by atoms with E-state index in [-0.39, 0.29) is 5.56 Å². The smallest absolute Gasteiger partial charge is 0.195 e. The molecular formula is C19H13F3N4. The highest BCUT2D eigenvalue weighted by Crippen LogP contribution is 2.39. The van der Waals surface area contributed by atoms with Crippen molar-refractivity contribution >= 4 is 5.65 Å². The number of hydrogen-bond donors (Lipinski definition) is 0. The first-order valence-electron chi connectivity index (χ1n) is 8.30. The van der Waals surface area contributed by atoms with E-state index in [0.717, 1.165) is 47.9 Å². The van der Waals surface area contributed by atoms with Gasteiger partial charge in [0.2, 0.25) is 0 Å². The number of fused-ring (bicyclic) bond motifs is 2. The lowest BCUT2D eigenvalue weighted by molar-refractivity contribution is 0.448. The van der Waals surface area contributed by atoms with E-state index in [9.17, 15) is 13.2 Å². The highest BCUT2D eigenvalue weighted by atomic mass is 19.2. The van der Waals surface area contributed by atoms with Crippen molar-refractivity contribution in [1.29, 1.82) is 0 Å². The maximum atomic E-state index is 14.4. The zero-order valence-electron chi connectivity index (χ0n) is 13.6. The lowest BCUT2D eigenvalue weighted by Crippen LogP contribution is -1.97. The number of benzene rings is 1. The molecule has 3 aromatic heterocycles. The summed E-state index contributed by atoms with van der Waals surface area (Å²) in [5, 5.41) is 4.50. The predicted molar refractivity (Wildman–Crippen MR) is 90.0 cm³/mol. The number of pyridine rings is 1. The quantitative estimate of drug-likeness (QED) is 0.505. The van der Waals surface area contributed by atoms with Gasteiger partial charge in [-0.2, -0.15) is 5.10 Å². The molecule has 0 saturated carbocycles. The van der Waals surface area contributed by atoms with Crippen molar-refractivity contribution in [3.05, 3.63) is 66.0 Å². The van der Waals surface area contributed by atoms with Crippen LogP contribution >= 0.6 is 0 Å². The largest absolute Gasteiger partial charge is 0.306 e.